The fourth-order valence-corrected chi connectivity index (χ4v) is 2.88. The summed E-state index contributed by atoms with van der Waals surface area (Å²) in [6, 6.07) is 15.0. The van der Waals surface area contributed by atoms with E-state index in [4.69, 9.17) is 14.2 Å². The molecule has 0 aliphatic carbocycles. The molecule has 3 rings (SSSR count). The molecule has 0 fully saturated rings. The third-order valence-corrected chi connectivity index (χ3v) is 4.40. The van der Waals surface area contributed by atoms with Crippen LogP contribution in [0.2, 0.25) is 0 Å². The van der Waals surface area contributed by atoms with E-state index < -0.39 is 0 Å². The zero-order chi connectivity index (χ0) is 22.2. The van der Waals surface area contributed by atoms with Crippen molar-refractivity contribution in [2.24, 2.45) is 0 Å². The first-order valence-electron chi connectivity index (χ1n) is 9.98. The van der Waals surface area contributed by atoms with E-state index in [1.807, 2.05) is 68.6 Å². The predicted octanol–water partition coefficient (Wildman–Crippen LogP) is 4.01. The van der Waals surface area contributed by atoms with Crippen molar-refractivity contribution in [2.45, 2.75) is 26.5 Å². The summed E-state index contributed by atoms with van der Waals surface area (Å²) in [7, 11) is 3.22. The average Bonchev–Trinajstić information content (AvgIpc) is 3.25. The third-order valence-electron chi connectivity index (χ3n) is 4.40. The van der Waals surface area contributed by atoms with Crippen LogP contribution >= 0.6 is 0 Å². The van der Waals surface area contributed by atoms with E-state index in [9.17, 15) is 4.79 Å². The van der Waals surface area contributed by atoms with E-state index in [0.717, 1.165) is 22.7 Å². The van der Waals surface area contributed by atoms with E-state index in [2.05, 4.69) is 10.4 Å². The highest BCUT2D eigenvalue weighted by atomic mass is 16.5. The number of hydrogen-bond donors (Lipinski definition) is 1. The molecule has 0 spiro atoms. The third kappa shape index (κ3) is 6.12. The van der Waals surface area contributed by atoms with Crippen molar-refractivity contribution in [3.05, 3.63) is 72.1 Å². The van der Waals surface area contributed by atoms with Gasteiger partial charge in [-0.2, -0.15) is 5.10 Å². The van der Waals surface area contributed by atoms with Crippen LogP contribution in [0.1, 0.15) is 25.1 Å². The van der Waals surface area contributed by atoms with Gasteiger partial charge in [-0.25, -0.2) is 4.68 Å². The molecule has 1 heterocycles. The molecule has 0 saturated carbocycles. The number of benzene rings is 2. The maximum Gasteiger partial charge on any atom is 0.244 e. The SMILES string of the molecule is COc1ccc(-n2ccc(CNC(=O)/C=C/c3ccc(OC(C)C)c(OC)c3)n2)cc1. The molecular weight excluding hydrogens is 394 g/mol. The average molecular weight is 421 g/mol. The number of aromatic nitrogens is 2. The van der Waals surface area contributed by atoms with Gasteiger partial charge in [-0.05, 0) is 68.0 Å². The highest BCUT2D eigenvalue weighted by Crippen LogP contribution is 2.29. The Labute approximate surface area is 182 Å². The number of hydrogen-bond acceptors (Lipinski definition) is 5. The number of methoxy groups -OCH3 is 2. The maximum atomic E-state index is 12.2. The zero-order valence-electron chi connectivity index (χ0n) is 18.2. The second-order valence-corrected chi connectivity index (χ2v) is 7.08. The number of carbonyl (C=O) groups excluding carboxylic acids is 1. The van der Waals surface area contributed by atoms with E-state index in [-0.39, 0.29) is 12.0 Å². The minimum atomic E-state index is -0.208. The molecule has 0 atom stereocenters. The Hall–Kier alpha value is -3.74. The molecule has 1 N–H and O–H groups in total. The Morgan fingerprint density at radius 2 is 1.84 bits per heavy atom. The van der Waals surface area contributed by atoms with Crippen LogP contribution in [0.5, 0.6) is 17.2 Å². The van der Waals surface area contributed by atoms with Crippen molar-refractivity contribution in [1.82, 2.24) is 15.1 Å². The van der Waals surface area contributed by atoms with Gasteiger partial charge in [-0.1, -0.05) is 6.07 Å². The van der Waals surface area contributed by atoms with Gasteiger partial charge in [-0.15, -0.1) is 0 Å². The van der Waals surface area contributed by atoms with Crippen molar-refractivity contribution in [1.29, 1.82) is 0 Å². The number of rotatable bonds is 9. The summed E-state index contributed by atoms with van der Waals surface area (Å²) in [5, 5.41) is 7.33. The molecule has 0 aliphatic heterocycles. The van der Waals surface area contributed by atoms with Crippen LogP contribution in [-0.4, -0.2) is 36.0 Å². The minimum Gasteiger partial charge on any atom is -0.497 e. The maximum absolute atomic E-state index is 12.2. The van der Waals surface area contributed by atoms with Crippen LogP contribution in [0.25, 0.3) is 11.8 Å². The van der Waals surface area contributed by atoms with Crippen molar-refractivity contribution in [3.8, 4) is 22.9 Å². The van der Waals surface area contributed by atoms with Crippen LogP contribution < -0.4 is 19.5 Å². The molecule has 0 radical (unpaired) electrons. The second-order valence-electron chi connectivity index (χ2n) is 7.08. The van der Waals surface area contributed by atoms with Gasteiger partial charge in [0.05, 0.1) is 38.2 Å². The highest BCUT2D eigenvalue weighted by Gasteiger charge is 2.07. The van der Waals surface area contributed by atoms with Crippen molar-refractivity contribution in [3.63, 3.8) is 0 Å². The Morgan fingerprint density at radius 3 is 2.52 bits per heavy atom. The van der Waals surface area contributed by atoms with E-state index in [0.29, 0.717) is 18.0 Å². The molecule has 0 saturated heterocycles. The first-order valence-corrected chi connectivity index (χ1v) is 9.98. The fourth-order valence-electron chi connectivity index (χ4n) is 2.88. The van der Waals surface area contributed by atoms with Gasteiger partial charge in [0.25, 0.3) is 0 Å². The van der Waals surface area contributed by atoms with Gasteiger partial charge >= 0.3 is 0 Å². The number of nitrogens with zero attached hydrogens (tertiary/aromatic N) is 2. The molecule has 7 nitrogen and oxygen atoms in total. The van der Waals surface area contributed by atoms with E-state index >= 15 is 0 Å². The lowest BCUT2D eigenvalue weighted by molar-refractivity contribution is -0.116. The Morgan fingerprint density at radius 1 is 1.06 bits per heavy atom. The molecule has 0 unspecified atom stereocenters. The van der Waals surface area contributed by atoms with Gasteiger partial charge < -0.3 is 19.5 Å². The van der Waals surface area contributed by atoms with Gasteiger partial charge in [0.15, 0.2) is 11.5 Å². The van der Waals surface area contributed by atoms with Crippen LogP contribution in [0.15, 0.2) is 60.8 Å². The summed E-state index contributed by atoms with van der Waals surface area (Å²) in [5.41, 5.74) is 2.51. The molecule has 1 amide bonds. The molecule has 1 aromatic heterocycles. The predicted molar refractivity (Wildman–Crippen MR) is 120 cm³/mol. The standard InChI is InChI=1S/C24H27N3O4/c1-17(2)31-22-11-5-18(15-23(22)30-4)6-12-24(28)25-16-19-13-14-27(26-19)20-7-9-21(29-3)10-8-20/h5-15,17H,16H2,1-4H3,(H,25,28)/b12-6+. The quantitative estimate of drug-likeness (QED) is 0.529. The Balaban J connectivity index is 1.56. The summed E-state index contributed by atoms with van der Waals surface area (Å²) < 4.78 is 18.0. The number of ether oxygens (including phenoxy) is 3. The van der Waals surface area contributed by atoms with Gasteiger partial charge in [0.1, 0.15) is 5.75 Å². The van der Waals surface area contributed by atoms with Crippen LogP contribution in [0.3, 0.4) is 0 Å². The topological polar surface area (TPSA) is 74.6 Å². The van der Waals surface area contributed by atoms with Crippen molar-refractivity contribution >= 4 is 12.0 Å². The Kier molecular flexibility index (Phi) is 7.32. The smallest absolute Gasteiger partial charge is 0.244 e. The monoisotopic (exact) mass is 421 g/mol. The largest absolute Gasteiger partial charge is 0.497 e. The lowest BCUT2D eigenvalue weighted by Gasteiger charge is -2.13. The number of nitrogens with one attached hydrogen (secondary N) is 1. The van der Waals surface area contributed by atoms with Crippen molar-refractivity contribution in [2.75, 3.05) is 14.2 Å². The van der Waals surface area contributed by atoms with Crippen molar-refractivity contribution < 1.29 is 19.0 Å². The zero-order valence-corrected chi connectivity index (χ0v) is 18.2. The molecule has 31 heavy (non-hydrogen) atoms. The van der Waals surface area contributed by atoms with Crippen LogP contribution in [0.4, 0.5) is 0 Å². The molecule has 162 valence electrons. The Bertz CT molecular complexity index is 1040. The summed E-state index contributed by atoms with van der Waals surface area (Å²) in [6.07, 6.45) is 5.12. The summed E-state index contributed by atoms with van der Waals surface area (Å²) >= 11 is 0. The molecule has 3 aromatic rings. The molecule has 7 heteroatoms. The first kappa shape index (κ1) is 22.0. The van der Waals surface area contributed by atoms with Gasteiger partial charge in [0.2, 0.25) is 5.91 Å². The summed E-state index contributed by atoms with van der Waals surface area (Å²) in [6.45, 7) is 4.24. The van der Waals surface area contributed by atoms with Crippen LogP contribution in [-0.2, 0) is 11.3 Å². The van der Waals surface area contributed by atoms with E-state index in [1.165, 1.54) is 6.08 Å². The summed E-state index contributed by atoms with van der Waals surface area (Å²) in [5.74, 6) is 1.88. The van der Waals surface area contributed by atoms with E-state index in [1.54, 1.807) is 25.0 Å². The summed E-state index contributed by atoms with van der Waals surface area (Å²) in [4.78, 5) is 12.2. The fraction of sp³-hybridized carbons (Fsp3) is 0.250. The molecule has 0 bridgehead atoms. The molecule has 2 aromatic carbocycles. The molecule has 0 aliphatic rings. The highest BCUT2D eigenvalue weighted by molar-refractivity contribution is 5.91. The van der Waals surface area contributed by atoms with Crippen LogP contribution in [0, 0.1) is 0 Å². The van der Waals surface area contributed by atoms with Gasteiger partial charge in [-0.3, -0.25) is 4.79 Å². The first-order chi connectivity index (χ1) is 15.0. The second kappa shape index (κ2) is 10.3. The minimum absolute atomic E-state index is 0.0502. The molecular formula is C24H27N3O4. The lowest BCUT2D eigenvalue weighted by Crippen LogP contribution is -2.20. The number of carbonyl (C=O) groups is 1. The van der Waals surface area contributed by atoms with Gasteiger partial charge in [0, 0.05) is 12.3 Å². The lowest BCUT2D eigenvalue weighted by atomic mass is 10.2. The normalized spacial score (nSPS) is 11.0. The number of amides is 1.